The van der Waals surface area contributed by atoms with E-state index < -0.39 is 0 Å². The van der Waals surface area contributed by atoms with Gasteiger partial charge in [-0.2, -0.15) is 0 Å². The highest BCUT2D eigenvalue weighted by molar-refractivity contribution is 5.87. The Balaban J connectivity index is 1.66. The van der Waals surface area contributed by atoms with Gasteiger partial charge in [-0.25, -0.2) is 9.48 Å². The van der Waals surface area contributed by atoms with Gasteiger partial charge >= 0.3 is 5.97 Å². The largest absolute Gasteiger partial charge is 0.461 e. The second kappa shape index (κ2) is 6.70. The van der Waals surface area contributed by atoms with Crippen molar-refractivity contribution in [1.82, 2.24) is 19.9 Å². The quantitative estimate of drug-likeness (QED) is 0.789. The molecule has 0 amide bonds. The number of nitrogens with zero attached hydrogens (tertiary/aromatic N) is 4. The summed E-state index contributed by atoms with van der Waals surface area (Å²) >= 11 is 0. The summed E-state index contributed by atoms with van der Waals surface area (Å²) in [6, 6.07) is 10.6. The normalized spacial score (nSPS) is 18.5. The van der Waals surface area contributed by atoms with Gasteiger partial charge in [0.2, 0.25) is 0 Å². The van der Waals surface area contributed by atoms with E-state index in [-0.39, 0.29) is 12.0 Å². The maximum atomic E-state index is 11.9. The molecule has 1 atom stereocenters. The predicted molar refractivity (Wildman–Crippen MR) is 81.4 cm³/mol. The first-order valence-electron chi connectivity index (χ1n) is 7.61. The molecule has 1 unspecified atom stereocenters. The number of rotatable bonds is 5. The number of carbonyl (C=O) groups excluding carboxylic acids is 1. The topological polar surface area (TPSA) is 60.2 Å². The van der Waals surface area contributed by atoms with E-state index in [1.54, 1.807) is 11.6 Å². The molecule has 0 spiro atoms. The molecule has 1 saturated heterocycles. The monoisotopic (exact) mass is 300 g/mol. The first-order chi connectivity index (χ1) is 10.8. The van der Waals surface area contributed by atoms with E-state index in [0.29, 0.717) is 12.3 Å². The van der Waals surface area contributed by atoms with Gasteiger partial charge < -0.3 is 4.74 Å². The molecule has 1 fully saturated rings. The van der Waals surface area contributed by atoms with Crippen LogP contribution in [0, 0.1) is 0 Å². The van der Waals surface area contributed by atoms with Crippen molar-refractivity contribution in [3.8, 4) is 0 Å². The molecule has 1 aromatic carbocycles. The Labute approximate surface area is 129 Å². The van der Waals surface area contributed by atoms with Crippen LogP contribution in [0.3, 0.4) is 0 Å². The summed E-state index contributed by atoms with van der Waals surface area (Å²) in [5.41, 5.74) is 1.74. The highest BCUT2D eigenvalue weighted by atomic mass is 16.5. The number of carbonyl (C=O) groups is 1. The van der Waals surface area contributed by atoms with E-state index >= 15 is 0 Å². The van der Waals surface area contributed by atoms with Crippen molar-refractivity contribution < 1.29 is 9.53 Å². The summed E-state index contributed by atoms with van der Waals surface area (Å²) in [6.45, 7) is 4.92. The minimum absolute atomic E-state index is 0.172. The zero-order valence-corrected chi connectivity index (χ0v) is 12.7. The van der Waals surface area contributed by atoms with E-state index in [2.05, 4.69) is 39.5 Å². The van der Waals surface area contributed by atoms with Crippen LogP contribution in [0.15, 0.2) is 36.5 Å². The smallest absolute Gasteiger partial charge is 0.358 e. The minimum atomic E-state index is -0.353. The minimum Gasteiger partial charge on any atom is -0.461 e. The summed E-state index contributed by atoms with van der Waals surface area (Å²) in [6.07, 6.45) is 2.44. The average molecular weight is 300 g/mol. The number of ether oxygens (including phenoxy) is 1. The number of esters is 1. The number of aromatic nitrogens is 3. The Hall–Kier alpha value is -2.21. The molecule has 0 bridgehead atoms. The molecule has 0 N–H and O–H groups in total. The van der Waals surface area contributed by atoms with Gasteiger partial charge in [0, 0.05) is 19.6 Å². The molecule has 6 nitrogen and oxygen atoms in total. The number of likely N-dealkylation sites (tertiary alicyclic amines) is 1. The summed E-state index contributed by atoms with van der Waals surface area (Å²) in [5.74, 6) is -0.353. The van der Waals surface area contributed by atoms with Gasteiger partial charge in [-0.1, -0.05) is 35.5 Å². The third-order valence-corrected chi connectivity index (χ3v) is 3.90. The summed E-state index contributed by atoms with van der Waals surface area (Å²) in [5, 5.41) is 7.95. The van der Waals surface area contributed by atoms with Crippen LogP contribution in [-0.4, -0.2) is 45.6 Å². The lowest BCUT2D eigenvalue weighted by atomic mass is 10.2. The summed E-state index contributed by atoms with van der Waals surface area (Å²) in [4.78, 5) is 14.3. The molecule has 3 rings (SSSR count). The van der Waals surface area contributed by atoms with Crippen LogP contribution in [-0.2, 0) is 11.3 Å². The van der Waals surface area contributed by atoms with E-state index in [4.69, 9.17) is 4.74 Å². The maximum Gasteiger partial charge on any atom is 0.358 e. The summed E-state index contributed by atoms with van der Waals surface area (Å²) in [7, 11) is 0. The van der Waals surface area contributed by atoms with Crippen molar-refractivity contribution in [3.63, 3.8) is 0 Å². The fraction of sp³-hybridized carbons (Fsp3) is 0.438. The Morgan fingerprint density at radius 2 is 2.18 bits per heavy atom. The fourth-order valence-electron chi connectivity index (χ4n) is 2.86. The van der Waals surface area contributed by atoms with Crippen LogP contribution in [0.5, 0.6) is 0 Å². The van der Waals surface area contributed by atoms with Crippen molar-refractivity contribution in [2.24, 2.45) is 0 Å². The van der Waals surface area contributed by atoms with Crippen LogP contribution in [0.4, 0.5) is 0 Å². The van der Waals surface area contributed by atoms with Crippen molar-refractivity contribution >= 4 is 5.97 Å². The van der Waals surface area contributed by atoms with Gasteiger partial charge in [-0.3, -0.25) is 4.90 Å². The second-order valence-corrected chi connectivity index (χ2v) is 5.45. The molecule has 0 saturated carbocycles. The third-order valence-electron chi connectivity index (χ3n) is 3.90. The molecular formula is C16H20N4O2. The highest BCUT2D eigenvalue weighted by Gasteiger charge is 2.28. The first kappa shape index (κ1) is 14.7. The number of benzene rings is 1. The van der Waals surface area contributed by atoms with Crippen molar-refractivity contribution in [3.05, 3.63) is 47.8 Å². The van der Waals surface area contributed by atoms with Gasteiger partial charge in [0.15, 0.2) is 5.69 Å². The van der Waals surface area contributed by atoms with Gasteiger partial charge in [-0.15, -0.1) is 5.10 Å². The molecule has 1 aromatic heterocycles. The van der Waals surface area contributed by atoms with Gasteiger partial charge in [-0.05, 0) is 18.9 Å². The van der Waals surface area contributed by atoms with E-state index in [1.807, 2.05) is 6.07 Å². The molecule has 116 valence electrons. The van der Waals surface area contributed by atoms with Crippen LogP contribution in [0.1, 0.15) is 35.4 Å². The SMILES string of the molecule is CCOC(=O)c1cnnn1C1CCN(Cc2ccccc2)C1. The van der Waals surface area contributed by atoms with Crippen LogP contribution in [0.25, 0.3) is 0 Å². The summed E-state index contributed by atoms with van der Waals surface area (Å²) < 4.78 is 6.77. The molecule has 22 heavy (non-hydrogen) atoms. The molecule has 6 heteroatoms. The lowest BCUT2D eigenvalue weighted by Gasteiger charge is -2.16. The standard InChI is InChI=1S/C16H20N4O2/c1-2-22-16(21)15-10-17-18-20(15)14-8-9-19(12-14)11-13-6-4-3-5-7-13/h3-7,10,14H,2,8-9,11-12H2,1H3. The van der Waals surface area contributed by atoms with Crippen molar-refractivity contribution in [1.29, 1.82) is 0 Å². The molecule has 2 heterocycles. The molecule has 2 aromatic rings. The van der Waals surface area contributed by atoms with Crippen LogP contribution >= 0.6 is 0 Å². The van der Waals surface area contributed by atoms with Crippen molar-refractivity contribution in [2.45, 2.75) is 25.9 Å². The molecule has 1 aliphatic rings. The Bertz CT molecular complexity index is 626. The predicted octanol–water partition coefficient (Wildman–Crippen LogP) is 1.90. The Morgan fingerprint density at radius 3 is 2.95 bits per heavy atom. The highest BCUT2D eigenvalue weighted by Crippen LogP contribution is 2.23. The van der Waals surface area contributed by atoms with Crippen LogP contribution < -0.4 is 0 Å². The zero-order valence-electron chi connectivity index (χ0n) is 12.7. The number of hydrogen-bond donors (Lipinski definition) is 0. The van der Waals surface area contributed by atoms with Crippen LogP contribution in [0.2, 0.25) is 0 Å². The lowest BCUT2D eigenvalue weighted by molar-refractivity contribution is 0.0509. The molecule has 0 radical (unpaired) electrons. The maximum absolute atomic E-state index is 11.9. The first-order valence-corrected chi connectivity index (χ1v) is 7.61. The Kier molecular flexibility index (Phi) is 4.48. The van der Waals surface area contributed by atoms with E-state index in [9.17, 15) is 4.79 Å². The van der Waals surface area contributed by atoms with Gasteiger partial charge in [0.25, 0.3) is 0 Å². The third kappa shape index (κ3) is 3.17. The number of hydrogen-bond acceptors (Lipinski definition) is 5. The average Bonchev–Trinajstić information content (AvgIpc) is 3.17. The van der Waals surface area contributed by atoms with E-state index in [0.717, 1.165) is 26.1 Å². The fourth-order valence-corrected chi connectivity index (χ4v) is 2.86. The molecule has 1 aliphatic heterocycles. The molecule has 0 aliphatic carbocycles. The lowest BCUT2D eigenvalue weighted by Crippen LogP contribution is -2.23. The van der Waals surface area contributed by atoms with Crippen molar-refractivity contribution in [2.75, 3.05) is 19.7 Å². The molecular weight excluding hydrogens is 280 g/mol. The van der Waals surface area contributed by atoms with E-state index in [1.165, 1.54) is 11.8 Å². The van der Waals surface area contributed by atoms with Gasteiger partial charge in [0.1, 0.15) is 0 Å². The van der Waals surface area contributed by atoms with Gasteiger partial charge in [0.05, 0.1) is 18.8 Å². The Morgan fingerprint density at radius 1 is 1.36 bits per heavy atom. The zero-order chi connectivity index (χ0) is 15.4. The second-order valence-electron chi connectivity index (χ2n) is 5.45.